The molecule has 0 radical (unpaired) electrons. The normalized spacial score (nSPS) is 11.2. The monoisotopic (exact) mass is 186 g/mol. The number of para-hydroxylation sites is 1. The van der Waals surface area contributed by atoms with Crippen LogP contribution < -0.4 is 0 Å². The molecule has 2 nitrogen and oxygen atoms in total. The van der Waals surface area contributed by atoms with Crippen LogP contribution in [0.4, 0.5) is 4.39 Å². The Labute approximate surface area is 79.4 Å². The lowest BCUT2D eigenvalue weighted by Gasteiger charge is -1.90. The molecule has 2 heterocycles. The van der Waals surface area contributed by atoms with Crippen LogP contribution >= 0.6 is 0 Å². The summed E-state index contributed by atoms with van der Waals surface area (Å²) in [5.74, 6) is -0.223. The van der Waals surface area contributed by atoms with Crippen molar-refractivity contribution in [3.63, 3.8) is 0 Å². The van der Waals surface area contributed by atoms with Gasteiger partial charge in [-0.05, 0) is 12.1 Å². The molecule has 68 valence electrons. The topological polar surface area (TPSA) is 28.7 Å². The summed E-state index contributed by atoms with van der Waals surface area (Å²) in [6.07, 6.45) is 3.43. The predicted molar refractivity (Wildman–Crippen MR) is 53.6 cm³/mol. The molecule has 3 aromatic rings. The molecule has 3 heteroatoms. The Bertz CT molecular complexity index is 613. The van der Waals surface area contributed by atoms with E-state index >= 15 is 0 Å². The van der Waals surface area contributed by atoms with Gasteiger partial charge in [-0.25, -0.2) is 4.39 Å². The fraction of sp³-hybridized carbons (Fsp3) is 0. The smallest absolute Gasteiger partial charge is 0.147 e. The molecule has 2 aromatic heterocycles. The van der Waals surface area contributed by atoms with Crippen molar-refractivity contribution < 1.29 is 4.39 Å². The number of hydrogen-bond donors (Lipinski definition) is 1. The number of nitrogens with zero attached hydrogens (tertiary/aromatic N) is 1. The van der Waals surface area contributed by atoms with E-state index in [1.807, 2.05) is 12.1 Å². The molecule has 0 fully saturated rings. The van der Waals surface area contributed by atoms with Crippen LogP contribution in [0.5, 0.6) is 0 Å². The van der Waals surface area contributed by atoms with E-state index in [0.29, 0.717) is 5.52 Å². The highest BCUT2D eigenvalue weighted by molar-refractivity contribution is 6.06. The fourth-order valence-corrected chi connectivity index (χ4v) is 1.73. The third kappa shape index (κ3) is 0.865. The zero-order valence-electron chi connectivity index (χ0n) is 7.29. The maximum absolute atomic E-state index is 13.4. The number of hydrogen-bond acceptors (Lipinski definition) is 1. The van der Waals surface area contributed by atoms with Gasteiger partial charge < -0.3 is 4.98 Å². The number of fused-ring (bicyclic) bond motifs is 3. The van der Waals surface area contributed by atoms with E-state index < -0.39 is 0 Å². The number of benzene rings is 1. The highest BCUT2D eigenvalue weighted by atomic mass is 19.1. The molecule has 0 spiro atoms. The Kier molecular flexibility index (Phi) is 1.36. The zero-order valence-corrected chi connectivity index (χ0v) is 7.29. The summed E-state index contributed by atoms with van der Waals surface area (Å²) < 4.78 is 13.4. The number of aromatic amines is 1. The average Bonchev–Trinajstić information content (AvgIpc) is 2.59. The fourth-order valence-electron chi connectivity index (χ4n) is 1.73. The largest absolute Gasteiger partial charge is 0.352 e. The van der Waals surface area contributed by atoms with E-state index in [0.717, 1.165) is 16.3 Å². The van der Waals surface area contributed by atoms with Gasteiger partial charge in [0.05, 0.1) is 5.52 Å². The molecule has 3 rings (SSSR count). The van der Waals surface area contributed by atoms with E-state index in [1.165, 1.54) is 6.07 Å². The van der Waals surface area contributed by atoms with Gasteiger partial charge in [0.25, 0.3) is 0 Å². The minimum Gasteiger partial charge on any atom is -0.352 e. The zero-order chi connectivity index (χ0) is 9.54. The Morgan fingerprint density at radius 1 is 1.14 bits per heavy atom. The second kappa shape index (κ2) is 2.54. The number of halogens is 1. The lowest BCUT2D eigenvalue weighted by atomic mass is 10.2. The Balaban J connectivity index is 2.63. The van der Waals surface area contributed by atoms with Crippen molar-refractivity contribution >= 4 is 21.8 Å². The summed E-state index contributed by atoms with van der Waals surface area (Å²) in [6, 6.07) is 6.89. The first-order valence-corrected chi connectivity index (χ1v) is 4.36. The maximum Gasteiger partial charge on any atom is 0.147 e. The van der Waals surface area contributed by atoms with Crippen molar-refractivity contribution in [3.8, 4) is 0 Å². The number of rotatable bonds is 0. The molecule has 1 aromatic carbocycles. The van der Waals surface area contributed by atoms with Crippen LogP contribution in [0.15, 0.2) is 36.7 Å². The number of nitrogens with one attached hydrogen (secondary N) is 1. The highest BCUT2D eigenvalue weighted by Gasteiger charge is 2.06. The molecule has 0 unspecified atom stereocenters. The summed E-state index contributed by atoms with van der Waals surface area (Å²) in [6.45, 7) is 0. The van der Waals surface area contributed by atoms with Crippen LogP contribution in [-0.2, 0) is 0 Å². The van der Waals surface area contributed by atoms with Crippen LogP contribution in [0, 0.1) is 5.82 Å². The van der Waals surface area contributed by atoms with E-state index in [4.69, 9.17) is 0 Å². The second-order valence-electron chi connectivity index (χ2n) is 3.21. The third-order valence-electron chi connectivity index (χ3n) is 2.38. The standard InChI is InChI=1S/C11H7FN2/c12-9-3-1-2-7-8-6-13-5-4-10(8)14-11(7)9/h1-6,14H. The van der Waals surface area contributed by atoms with Gasteiger partial charge in [-0.2, -0.15) is 0 Å². The molecule has 0 aliphatic heterocycles. The summed E-state index contributed by atoms with van der Waals surface area (Å²) in [5, 5.41) is 1.84. The van der Waals surface area contributed by atoms with Gasteiger partial charge in [0.2, 0.25) is 0 Å². The summed E-state index contributed by atoms with van der Waals surface area (Å²) in [5.41, 5.74) is 1.47. The molecular weight excluding hydrogens is 179 g/mol. The minimum atomic E-state index is -0.223. The van der Waals surface area contributed by atoms with Crippen LogP contribution in [0.2, 0.25) is 0 Å². The lowest BCUT2D eigenvalue weighted by molar-refractivity contribution is 0.637. The molecule has 0 aliphatic carbocycles. The molecule has 0 atom stereocenters. The van der Waals surface area contributed by atoms with Gasteiger partial charge in [0.1, 0.15) is 5.82 Å². The van der Waals surface area contributed by atoms with Crippen molar-refractivity contribution in [1.82, 2.24) is 9.97 Å². The third-order valence-corrected chi connectivity index (χ3v) is 2.38. The second-order valence-corrected chi connectivity index (χ2v) is 3.21. The first kappa shape index (κ1) is 7.50. The SMILES string of the molecule is Fc1cccc2c1[nH]c1ccncc12. The Morgan fingerprint density at radius 3 is 3.00 bits per heavy atom. The van der Waals surface area contributed by atoms with Crippen molar-refractivity contribution in [2.45, 2.75) is 0 Å². The van der Waals surface area contributed by atoms with Crippen LogP contribution in [0.3, 0.4) is 0 Å². The summed E-state index contributed by atoms with van der Waals surface area (Å²) >= 11 is 0. The number of aromatic nitrogens is 2. The molecular formula is C11H7FN2. The molecule has 1 N–H and O–H groups in total. The summed E-state index contributed by atoms with van der Waals surface area (Å²) in [7, 11) is 0. The lowest BCUT2D eigenvalue weighted by Crippen LogP contribution is -1.74. The van der Waals surface area contributed by atoms with Crippen molar-refractivity contribution in [2.24, 2.45) is 0 Å². The average molecular weight is 186 g/mol. The van der Waals surface area contributed by atoms with Crippen molar-refractivity contribution in [1.29, 1.82) is 0 Å². The molecule has 0 aliphatic rings. The van der Waals surface area contributed by atoms with Gasteiger partial charge in [0.15, 0.2) is 0 Å². The predicted octanol–water partition coefficient (Wildman–Crippen LogP) is 2.86. The van der Waals surface area contributed by atoms with Gasteiger partial charge in [-0.15, -0.1) is 0 Å². The van der Waals surface area contributed by atoms with E-state index in [2.05, 4.69) is 9.97 Å². The van der Waals surface area contributed by atoms with E-state index in [-0.39, 0.29) is 5.82 Å². The van der Waals surface area contributed by atoms with Gasteiger partial charge in [-0.3, -0.25) is 4.98 Å². The van der Waals surface area contributed by atoms with E-state index in [1.54, 1.807) is 18.5 Å². The number of H-pyrrole nitrogens is 1. The van der Waals surface area contributed by atoms with Crippen molar-refractivity contribution in [3.05, 3.63) is 42.5 Å². The minimum absolute atomic E-state index is 0.223. The molecule has 0 saturated carbocycles. The van der Waals surface area contributed by atoms with Crippen LogP contribution in [-0.4, -0.2) is 9.97 Å². The van der Waals surface area contributed by atoms with Crippen molar-refractivity contribution in [2.75, 3.05) is 0 Å². The van der Waals surface area contributed by atoms with Crippen LogP contribution in [0.25, 0.3) is 21.8 Å². The Morgan fingerprint density at radius 2 is 2.07 bits per heavy atom. The molecule has 14 heavy (non-hydrogen) atoms. The summed E-state index contributed by atoms with van der Waals surface area (Å²) in [4.78, 5) is 7.05. The number of pyridine rings is 1. The maximum atomic E-state index is 13.4. The Hall–Kier alpha value is -1.90. The molecule has 0 bridgehead atoms. The molecule has 0 amide bonds. The van der Waals surface area contributed by atoms with Gasteiger partial charge >= 0.3 is 0 Å². The van der Waals surface area contributed by atoms with Crippen LogP contribution in [0.1, 0.15) is 0 Å². The van der Waals surface area contributed by atoms with Gasteiger partial charge in [-0.1, -0.05) is 12.1 Å². The highest BCUT2D eigenvalue weighted by Crippen LogP contribution is 2.25. The van der Waals surface area contributed by atoms with E-state index in [9.17, 15) is 4.39 Å². The first-order valence-electron chi connectivity index (χ1n) is 4.36. The first-order chi connectivity index (χ1) is 6.86. The molecule has 0 saturated heterocycles. The quantitative estimate of drug-likeness (QED) is 0.574. The van der Waals surface area contributed by atoms with Gasteiger partial charge in [0, 0.05) is 28.7 Å².